The lowest BCUT2D eigenvalue weighted by atomic mass is 9.91. The molecule has 1 saturated heterocycles. The van der Waals surface area contributed by atoms with E-state index in [1.54, 1.807) is 7.11 Å². The highest BCUT2D eigenvalue weighted by Crippen LogP contribution is 2.38. The van der Waals surface area contributed by atoms with Gasteiger partial charge in [-0.3, -0.25) is 0 Å². The molecule has 0 saturated carbocycles. The molecule has 1 aromatic carbocycles. The second-order valence-electron chi connectivity index (χ2n) is 5.23. The van der Waals surface area contributed by atoms with Crippen LogP contribution >= 0.6 is 11.6 Å². The monoisotopic (exact) mass is 283 g/mol. The molecule has 0 radical (unpaired) electrons. The van der Waals surface area contributed by atoms with Crippen LogP contribution in [0.3, 0.4) is 0 Å². The first kappa shape index (κ1) is 14.5. The molecule has 1 fully saturated rings. The first-order valence-electron chi connectivity index (χ1n) is 6.86. The highest BCUT2D eigenvalue weighted by atomic mass is 35.5. The van der Waals surface area contributed by atoms with Crippen LogP contribution in [0.5, 0.6) is 11.5 Å². The van der Waals surface area contributed by atoms with Gasteiger partial charge >= 0.3 is 0 Å². The number of methoxy groups -OCH3 is 1. The van der Waals surface area contributed by atoms with E-state index in [1.165, 1.54) is 12.8 Å². The third kappa shape index (κ3) is 3.54. The average Bonchev–Trinajstić information content (AvgIpc) is 2.39. The van der Waals surface area contributed by atoms with Crippen molar-refractivity contribution in [3.8, 4) is 11.5 Å². The second-order valence-corrected chi connectivity index (χ2v) is 5.64. The molecule has 106 valence electrons. The van der Waals surface area contributed by atoms with Crippen molar-refractivity contribution in [2.75, 3.05) is 20.2 Å². The molecule has 0 aromatic heterocycles. The van der Waals surface area contributed by atoms with Gasteiger partial charge in [0.2, 0.25) is 0 Å². The Bertz CT molecular complexity index is 428. The molecule has 1 unspecified atom stereocenters. The molecule has 3 nitrogen and oxygen atoms in total. The van der Waals surface area contributed by atoms with Crippen LogP contribution in [0.2, 0.25) is 5.02 Å². The summed E-state index contributed by atoms with van der Waals surface area (Å²) in [6.07, 6.45) is 2.46. The fourth-order valence-electron chi connectivity index (χ4n) is 2.49. The number of nitrogens with one attached hydrogen (secondary N) is 1. The molecule has 2 rings (SSSR count). The Hall–Kier alpha value is -0.930. The van der Waals surface area contributed by atoms with Crippen molar-refractivity contribution >= 4 is 11.6 Å². The molecule has 1 atom stereocenters. The molecule has 19 heavy (non-hydrogen) atoms. The van der Waals surface area contributed by atoms with Crippen molar-refractivity contribution < 1.29 is 9.47 Å². The Kier molecular flexibility index (Phi) is 4.94. The zero-order valence-corrected chi connectivity index (χ0v) is 12.6. The fourth-order valence-corrected chi connectivity index (χ4v) is 2.79. The first-order valence-corrected chi connectivity index (χ1v) is 7.24. The molecule has 1 aliphatic rings. The lowest BCUT2D eigenvalue weighted by Crippen LogP contribution is -2.28. The fraction of sp³-hybridized carbons (Fsp3) is 0.600. The minimum Gasteiger partial charge on any atom is -0.493 e. The van der Waals surface area contributed by atoms with Crippen LogP contribution in [0.4, 0.5) is 0 Å². The number of hydrogen-bond acceptors (Lipinski definition) is 3. The zero-order chi connectivity index (χ0) is 13.8. The third-order valence-corrected chi connectivity index (χ3v) is 3.71. The van der Waals surface area contributed by atoms with Crippen LogP contribution in [0.1, 0.15) is 38.2 Å². The number of ether oxygens (including phenoxy) is 2. The van der Waals surface area contributed by atoms with Crippen molar-refractivity contribution in [1.29, 1.82) is 0 Å². The number of rotatable bonds is 4. The number of halogens is 1. The van der Waals surface area contributed by atoms with Gasteiger partial charge in [-0.05, 0) is 50.8 Å². The first-order chi connectivity index (χ1) is 9.11. The van der Waals surface area contributed by atoms with E-state index in [2.05, 4.69) is 5.32 Å². The molecule has 1 aromatic rings. The van der Waals surface area contributed by atoms with E-state index in [4.69, 9.17) is 21.1 Å². The second kappa shape index (κ2) is 6.49. The summed E-state index contributed by atoms with van der Waals surface area (Å²) in [5.41, 5.74) is 1.15. The van der Waals surface area contributed by atoms with Gasteiger partial charge in [0.1, 0.15) is 0 Å². The van der Waals surface area contributed by atoms with E-state index in [0.717, 1.165) is 35.2 Å². The summed E-state index contributed by atoms with van der Waals surface area (Å²) in [6, 6.07) is 3.90. The summed E-state index contributed by atoms with van der Waals surface area (Å²) >= 11 is 6.41. The predicted octanol–water partition coefficient (Wildman–Crippen LogP) is 3.60. The van der Waals surface area contributed by atoms with Gasteiger partial charge in [-0.15, -0.1) is 0 Å². The molecule has 1 aliphatic heterocycles. The largest absolute Gasteiger partial charge is 0.493 e. The van der Waals surface area contributed by atoms with Gasteiger partial charge < -0.3 is 14.8 Å². The van der Waals surface area contributed by atoms with Crippen molar-refractivity contribution in [3.63, 3.8) is 0 Å². The standard InChI is InChI=1S/C15H22ClNO2/c1-10(2)19-15-8-13(16)12(7-14(15)18-3)11-5-4-6-17-9-11/h7-8,10-11,17H,4-6,9H2,1-3H3. The SMILES string of the molecule is COc1cc(C2CCCNC2)c(Cl)cc1OC(C)C. The van der Waals surface area contributed by atoms with Gasteiger partial charge in [0.15, 0.2) is 11.5 Å². The summed E-state index contributed by atoms with van der Waals surface area (Å²) in [5.74, 6) is 1.94. The molecule has 0 spiro atoms. The van der Waals surface area contributed by atoms with Crippen LogP contribution in [-0.4, -0.2) is 26.3 Å². The van der Waals surface area contributed by atoms with Crippen molar-refractivity contribution in [3.05, 3.63) is 22.7 Å². The van der Waals surface area contributed by atoms with Gasteiger partial charge in [0.05, 0.1) is 13.2 Å². The molecule has 4 heteroatoms. The molecule has 0 amide bonds. The Labute approximate surface area is 120 Å². The number of hydrogen-bond donors (Lipinski definition) is 1. The lowest BCUT2D eigenvalue weighted by Gasteiger charge is -2.25. The maximum absolute atomic E-state index is 6.41. The highest BCUT2D eigenvalue weighted by molar-refractivity contribution is 6.31. The summed E-state index contributed by atoms with van der Waals surface area (Å²) in [6.45, 7) is 6.06. The Morgan fingerprint density at radius 1 is 1.32 bits per heavy atom. The minimum atomic E-state index is 0.104. The summed E-state index contributed by atoms with van der Waals surface area (Å²) in [4.78, 5) is 0. The van der Waals surface area contributed by atoms with E-state index in [1.807, 2.05) is 26.0 Å². The average molecular weight is 284 g/mol. The maximum Gasteiger partial charge on any atom is 0.163 e. The van der Waals surface area contributed by atoms with E-state index < -0.39 is 0 Å². The van der Waals surface area contributed by atoms with Crippen molar-refractivity contribution in [1.82, 2.24) is 5.32 Å². The maximum atomic E-state index is 6.41. The van der Waals surface area contributed by atoms with Crippen LogP contribution in [0.25, 0.3) is 0 Å². The predicted molar refractivity (Wildman–Crippen MR) is 78.6 cm³/mol. The van der Waals surface area contributed by atoms with Crippen LogP contribution in [-0.2, 0) is 0 Å². The van der Waals surface area contributed by atoms with E-state index in [-0.39, 0.29) is 6.10 Å². The zero-order valence-electron chi connectivity index (χ0n) is 11.8. The smallest absolute Gasteiger partial charge is 0.163 e. The Balaban J connectivity index is 2.29. The van der Waals surface area contributed by atoms with E-state index >= 15 is 0 Å². The number of piperidine rings is 1. The van der Waals surface area contributed by atoms with Gasteiger partial charge in [-0.2, -0.15) is 0 Å². The normalized spacial score (nSPS) is 19.5. The van der Waals surface area contributed by atoms with Crippen molar-refractivity contribution in [2.24, 2.45) is 0 Å². The van der Waals surface area contributed by atoms with Gasteiger partial charge in [-0.1, -0.05) is 11.6 Å². The lowest BCUT2D eigenvalue weighted by molar-refractivity contribution is 0.230. The van der Waals surface area contributed by atoms with Crippen LogP contribution in [0.15, 0.2) is 12.1 Å². The summed E-state index contributed by atoms with van der Waals surface area (Å²) in [7, 11) is 1.67. The van der Waals surface area contributed by atoms with Gasteiger partial charge in [-0.25, -0.2) is 0 Å². The Morgan fingerprint density at radius 2 is 2.11 bits per heavy atom. The number of benzene rings is 1. The molecule has 0 aliphatic carbocycles. The molecular formula is C15H22ClNO2. The van der Waals surface area contributed by atoms with Crippen LogP contribution in [0, 0.1) is 0 Å². The van der Waals surface area contributed by atoms with E-state index in [9.17, 15) is 0 Å². The Morgan fingerprint density at radius 3 is 2.68 bits per heavy atom. The van der Waals surface area contributed by atoms with Crippen LogP contribution < -0.4 is 14.8 Å². The summed E-state index contributed by atoms with van der Waals surface area (Å²) < 4.78 is 11.2. The van der Waals surface area contributed by atoms with Gasteiger partial charge in [0, 0.05) is 17.6 Å². The third-order valence-electron chi connectivity index (χ3n) is 3.38. The quantitative estimate of drug-likeness (QED) is 0.916. The molecule has 1 N–H and O–H groups in total. The molecular weight excluding hydrogens is 262 g/mol. The van der Waals surface area contributed by atoms with Crippen molar-refractivity contribution in [2.45, 2.75) is 38.7 Å². The molecule has 0 bridgehead atoms. The van der Waals surface area contributed by atoms with E-state index in [0.29, 0.717) is 5.92 Å². The van der Waals surface area contributed by atoms with Gasteiger partial charge in [0.25, 0.3) is 0 Å². The molecule has 1 heterocycles. The summed E-state index contributed by atoms with van der Waals surface area (Å²) in [5, 5.41) is 4.18. The minimum absolute atomic E-state index is 0.104. The topological polar surface area (TPSA) is 30.5 Å². The highest BCUT2D eigenvalue weighted by Gasteiger charge is 2.20.